The SMILES string of the molecule is O=C(Nc1ccc(F)cc1)C1=NN(CC(=O)N2CCN(c3ccccc3)CC2)C(=O)CC1. The van der Waals surface area contributed by atoms with Crippen LogP contribution in [0.15, 0.2) is 59.7 Å². The molecule has 2 aromatic rings. The Morgan fingerprint density at radius 3 is 2.31 bits per heavy atom. The normalized spacial score (nSPS) is 16.6. The summed E-state index contributed by atoms with van der Waals surface area (Å²) in [4.78, 5) is 41.5. The lowest BCUT2D eigenvalue weighted by atomic mass is 10.1. The molecule has 2 aromatic carbocycles. The van der Waals surface area contributed by atoms with Gasteiger partial charge >= 0.3 is 0 Å². The summed E-state index contributed by atoms with van der Waals surface area (Å²) in [5.74, 6) is -1.37. The summed E-state index contributed by atoms with van der Waals surface area (Å²) in [6.07, 6.45) is 0.289. The zero-order valence-corrected chi connectivity index (χ0v) is 17.5. The summed E-state index contributed by atoms with van der Waals surface area (Å²) >= 11 is 0. The van der Waals surface area contributed by atoms with E-state index in [4.69, 9.17) is 0 Å². The van der Waals surface area contributed by atoms with E-state index in [0.29, 0.717) is 31.9 Å². The van der Waals surface area contributed by atoms with Crippen LogP contribution in [0.4, 0.5) is 15.8 Å². The van der Waals surface area contributed by atoms with E-state index in [-0.39, 0.29) is 36.9 Å². The van der Waals surface area contributed by atoms with Crippen molar-refractivity contribution < 1.29 is 18.8 Å². The molecule has 1 fully saturated rings. The number of rotatable bonds is 5. The summed E-state index contributed by atoms with van der Waals surface area (Å²) in [6.45, 7) is 2.32. The van der Waals surface area contributed by atoms with Crippen LogP contribution in [0.2, 0.25) is 0 Å². The van der Waals surface area contributed by atoms with Gasteiger partial charge in [0.1, 0.15) is 18.1 Å². The Morgan fingerprint density at radius 1 is 0.938 bits per heavy atom. The van der Waals surface area contributed by atoms with Gasteiger partial charge in [0, 0.05) is 50.4 Å². The Hall–Kier alpha value is -3.75. The number of hydrazone groups is 1. The lowest BCUT2D eigenvalue weighted by Crippen LogP contribution is -2.51. The fraction of sp³-hybridized carbons (Fsp3) is 0.304. The minimum atomic E-state index is -0.474. The third-order valence-electron chi connectivity index (χ3n) is 5.51. The molecular weight excluding hydrogens is 413 g/mol. The Labute approximate surface area is 185 Å². The van der Waals surface area contributed by atoms with Crippen molar-refractivity contribution in [1.82, 2.24) is 9.91 Å². The molecular formula is C23H24FN5O3. The van der Waals surface area contributed by atoms with Crippen molar-refractivity contribution in [3.63, 3.8) is 0 Å². The Bertz CT molecular complexity index is 1020. The average molecular weight is 437 g/mol. The Balaban J connectivity index is 1.34. The van der Waals surface area contributed by atoms with E-state index in [1.807, 2.05) is 30.3 Å². The summed E-state index contributed by atoms with van der Waals surface area (Å²) in [5, 5.41) is 7.84. The second kappa shape index (κ2) is 9.59. The van der Waals surface area contributed by atoms with Crippen LogP contribution in [0, 0.1) is 5.82 Å². The molecule has 0 aromatic heterocycles. The zero-order chi connectivity index (χ0) is 22.5. The van der Waals surface area contributed by atoms with Crippen LogP contribution < -0.4 is 10.2 Å². The van der Waals surface area contributed by atoms with Gasteiger partial charge in [-0.15, -0.1) is 0 Å². The van der Waals surface area contributed by atoms with Gasteiger partial charge in [-0.1, -0.05) is 18.2 Å². The lowest BCUT2D eigenvalue weighted by molar-refractivity contribution is -0.141. The third-order valence-corrected chi connectivity index (χ3v) is 5.51. The predicted octanol–water partition coefficient (Wildman–Crippen LogP) is 2.09. The molecule has 0 radical (unpaired) electrons. The van der Waals surface area contributed by atoms with Crippen LogP contribution in [0.25, 0.3) is 0 Å². The molecule has 9 heteroatoms. The number of benzene rings is 2. The van der Waals surface area contributed by atoms with Gasteiger partial charge in [0.15, 0.2) is 0 Å². The molecule has 2 aliphatic heterocycles. The first-order valence-electron chi connectivity index (χ1n) is 10.5. The largest absolute Gasteiger partial charge is 0.368 e. The maximum atomic E-state index is 13.0. The summed E-state index contributed by atoms with van der Waals surface area (Å²) in [6, 6.07) is 15.4. The predicted molar refractivity (Wildman–Crippen MR) is 119 cm³/mol. The van der Waals surface area contributed by atoms with E-state index in [1.54, 1.807) is 4.90 Å². The minimum Gasteiger partial charge on any atom is -0.368 e. The molecule has 4 rings (SSSR count). The monoisotopic (exact) mass is 437 g/mol. The van der Waals surface area contributed by atoms with E-state index in [2.05, 4.69) is 15.3 Å². The van der Waals surface area contributed by atoms with Crippen LogP contribution in [0.5, 0.6) is 0 Å². The molecule has 0 saturated carbocycles. The quantitative estimate of drug-likeness (QED) is 0.776. The fourth-order valence-corrected chi connectivity index (χ4v) is 3.71. The van der Waals surface area contributed by atoms with E-state index < -0.39 is 11.7 Å². The number of carbonyl (C=O) groups is 3. The van der Waals surface area contributed by atoms with Crippen LogP contribution in [-0.4, -0.2) is 66.1 Å². The maximum absolute atomic E-state index is 13.0. The number of carbonyl (C=O) groups excluding carboxylic acids is 3. The van der Waals surface area contributed by atoms with Crippen molar-refractivity contribution in [3.8, 4) is 0 Å². The molecule has 0 spiro atoms. The molecule has 2 heterocycles. The molecule has 1 N–H and O–H groups in total. The molecule has 0 bridgehead atoms. The number of amides is 3. The van der Waals surface area contributed by atoms with Crippen molar-refractivity contribution in [2.24, 2.45) is 5.10 Å². The van der Waals surface area contributed by atoms with E-state index in [9.17, 15) is 18.8 Å². The van der Waals surface area contributed by atoms with Gasteiger partial charge in [-0.3, -0.25) is 14.4 Å². The van der Waals surface area contributed by atoms with E-state index in [0.717, 1.165) is 10.7 Å². The van der Waals surface area contributed by atoms with Gasteiger partial charge in [0.25, 0.3) is 5.91 Å². The summed E-state index contributed by atoms with van der Waals surface area (Å²) in [7, 11) is 0. The first kappa shape index (κ1) is 21.5. The maximum Gasteiger partial charge on any atom is 0.271 e. The highest BCUT2D eigenvalue weighted by Crippen LogP contribution is 2.17. The highest BCUT2D eigenvalue weighted by atomic mass is 19.1. The van der Waals surface area contributed by atoms with Crippen molar-refractivity contribution in [3.05, 3.63) is 60.4 Å². The van der Waals surface area contributed by atoms with Crippen LogP contribution >= 0.6 is 0 Å². The van der Waals surface area contributed by atoms with Gasteiger partial charge in [-0.05, 0) is 36.4 Å². The molecule has 32 heavy (non-hydrogen) atoms. The van der Waals surface area contributed by atoms with E-state index >= 15 is 0 Å². The number of hydrogen-bond donors (Lipinski definition) is 1. The third kappa shape index (κ3) is 5.11. The van der Waals surface area contributed by atoms with Crippen molar-refractivity contribution in [2.45, 2.75) is 12.8 Å². The Kier molecular flexibility index (Phi) is 6.44. The first-order valence-corrected chi connectivity index (χ1v) is 10.5. The smallest absolute Gasteiger partial charge is 0.271 e. The molecule has 1 saturated heterocycles. The number of halogens is 1. The molecule has 2 aliphatic rings. The number of nitrogens with one attached hydrogen (secondary N) is 1. The summed E-state index contributed by atoms with van der Waals surface area (Å²) < 4.78 is 13.0. The number of nitrogens with zero attached hydrogens (tertiary/aromatic N) is 4. The molecule has 0 unspecified atom stereocenters. The molecule has 0 atom stereocenters. The minimum absolute atomic E-state index is 0.102. The van der Waals surface area contributed by atoms with Gasteiger partial charge in [0.05, 0.1) is 0 Å². The summed E-state index contributed by atoms with van der Waals surface area (Å²) in [5.41, 5.74) is 1.71. The molecule has 166 valence electrons. The number of anilines is 2. The second-order valence-corrected chi connectivity index (χ2v) is 7.66. The van der Waals surface area contributed by atoms with Crippen LogP contribution in [0.3, 0.4) is 0 Å². The number of piperazine rings is 1. The molecule has 8 nitrogen and oxygen atoms in total. The number of para-hydroxylation sites is 1. The lowest BCUT2D eigenvalue weighted by Gasteiger charge is -2.36. The fourth-order valence-electron chi connectivity index (χ4n) is 3.71. The highest BCUT2D eigenvalue weighted by molar-refractivity contribution is 6.43. The topological polar surface area (TPSA) is 85.3 Å². The van der Waals surface area contributed by atoms with Gasteiger partial charge in [-0.2, -0.15) is 5.10 Å². The standard InChI is InChI=1S/C23H24FN5O3/c24-17-6-8-18(9-7-17)25-23(32)20-10-11-21(30)29(26-20)16-22(31)28-14-12-27(13-15-28)19-4-2-1-3-5-19/h1-9H,10-16H2,(H,25,32). The zero-order valence-electron chi connectivity index (χ0n) is 17.5. The molecule has 0 aliphatic carbocycles. The van der Waals surface area contributed by atoms with Gasteiger partial charge in [0.2, 0.25) is 11.8 Å². The van der Waals surface area contributed by atoms with E-state index in [1.165, 1.54) is 24.3 Å². The first-order chi connectivity index (χ1) is 15.5. The van der Waals surface area contributed by atoms with Crippen LogP contribution in [-0.2, 0) is 14.4 Å². The highest BCUT2D eigenvalue weighted by Gasteiger charge is 2.29. The molecule has 3 amide bonds. The Morgan fingerprint density at radius 2 is 1.62 bits per heavy atom. The van der Waals surface area contributed by atoms with Crippen molar-refractivity contribution >= 4 is 34.8 Å². The van der Waals surface area contributed by atoms with Gasteiger partial charge in [-0.25, -0.2) is 9.40 Å². The second-order valence-electron chi connectivity index (χ2n) is 7.66. The van der Waals surface area contributed by atoms with Crippen molar-refractivity contribution in [2.75, 3.05) is 42.9 Å². The average Bonchev–Trinajstić information content (AvgIpc) is 2.82. The van der Waals surface area contributed by atoms with Crippen LogP contribution in [0.1, 0.15) is 12.8 Å². The van der Waals surface area contributed by atoms with Crippen molar-refractivity contribution in [1.29, 1.82) is 0 Å². The number of hydrogen-bond acceptors (Lipinski definition) is 5. The van der Waals surface area contributed by atoms with Gasteiger partial charge < -0.3 is 15.1 Å².